The summed E-state index contributed by atoms with van der Waals surface area (Å²) in [4.78, 5) is 4.51. The van der Waals surface area contributed by atoms with E-state index in [2.05, 4.69) is 50.0 Å². The number of hydrogen-bond donors (Lipinski definition) is 0. The standard InChI is InChI=1S/C15H19N/c1-11-4-7-14(8-5-11)13(3)15-9-6-12(2)10-16-15/h4,6-7,9-10,13H,5,8H2,1-3H3. The lowest BCUT2D eigenvalue weighted by Crippen LogP contribution is -2.03. The van der Waals surface area contributed by atoms with Crippen molar-refractivity contribution in [1.29, 1.82) is 0 Å². The predicted octanol–water partition coefficient (Wildman–Crippen LogP) is 4.16. The van der Waals surface area contributed by atoms with E-state index in [9.17, 15) is 0 Å². The molecular weight excluding hydrogens is 194 g/mol. The third-order valence-corrected chi connectivity index (χ3v) is 3.32. The lowest BCUT2D eigenvalue weighted by atomic mass is 9.88. The van der Waals surface area contributed by atoms with Gasteiger partial charge in [-0.05, 0) is 38.3 Å². The molecule has 0 aliphatic heterocycles. The summed E-state index contributed by atoms with van der Waals surface area (Å²) in [5.41, 5.74) is 5.39. The maximum absolute atomic E-state index is 4.51. The monoisotopic (exact) mass is 213 g/mol. The van der Waals surface area contributed by atoms with Gasteiger partial charge in [0.2, 0.25) is 0 Å². The molecule has 1 aromatic heterocycles. The maximum atomic E-state index is 4.51. The van der Waals surface area contributed by atoms with Crippen molar-refractivity contribution in [3.8, 4) is 0 Å². The summed E-state index contributed by atoms with van der Waals surface area (Å²) in [6.45, 7) is 6.52. The van der Waals surface area contributed by atoms with E-state index in [-0.39, 0.29) is 0 Å². The van der Waals surface area contributed by atoms with Gasteiger partial charge >= 0.3 is 0 Å². The molecule has 0 amide bonds. The van der Waals surface area contributed by atoms with Gasteiger partial charge in [-0.1, -0.05) is 36.3 Å². The van der Waals surface area contributed by atoms with E-state index >= 15 is 0 Å². The second kappa shape index (κ2) is 4.65. The highest BCUT2D eigenvalue weighted by atomic mass is 14.7. The van der Waals surface area contributed by atoms with Crippen molar-refractivity contribution in [2.45, 2.75) is 39.5 Å². The molecular formula is C15H19N. The molecule has 0 N–H and O–H groups in total. The quantitative estimate of drug-likeness (QED) is 0.718. The van der Waals surface area contributed by atoms with E-state index in [1.54, 1.807) is 0 Å². The van der Waals surface area contributed by atoms with E-state index in [1.807, 2.05) is 6.20 Å². The fourth-order valence-electron chi connectivity index (χ4n) is 2.04. The molecule has 1 unspecified atom stereocenters. The highest BCUT2D eigenvalue weighted by molar-refractivity contribution is 5.31. The summed E-state index contributed by atoms with van der Waals surface area (Å²) in [7, 11) is 0. The van der Waals surface area contributed by atoms with Crippen LogP contribution in [0, 0.1) is 6.92 Å². The molecule has 84 valence electrons. The van der Waals surface area contributed by atoms with Gasteiger partial charge < -0.3 is 0 Å². The Morgan fingerprint density at radius 3 is 2.50 bits per heavy atom. The zero-order valence-corrected chi connectivity index (χ0v) is 10.3. The molecule has 0 spiro atoms. The van der Waals surface area contributed by atoms with E-state index < -0.39 is 0 Å². The Kier molecular flexibility index (Phi) is 3.23. The smallest absolute Gasteiger partial charge is 0.0472 e. The topological polar surface area (TPSA) is 12.9 Å². The van der Waals surface area contributed by atoms with Gasteiger partial charge in [0.25, 0.3) is 0 Å². The maximum Gasteiger partial charge on any atom is 0.0472 e. The van der Waals surface area contributed by atoms with Crippen molar-refractivity contribution >= 4 is 0 Å². The van der Waals surface area contributed by atoms with Crippen molar-refractivity contribution in [2.24, 2.45) is 0 Å². The molecule has 1 aromatic rings. The van der Waals surface area contributed by atoms with Gasteiger partial charge in [0.1, 0.15) is 0 Å². The molecule has 1 heterocycles. The number of aryl methyl sites for hydroxylation is 1. The zero-order chi connectivity index (χ0) is 11.5. The second-order valence-corrected chi connectivity index (χ2v) is 4.74. The minimum absolute atomic E-state index is 0.449. The van der Waals surface area contributed by atoms with Crippen LogP contribution in [0.15, 0.2) is 41.6 Å². The second-order valence-electron chi connectivity index (χ2n) is 4.74. The lowest BCUT2D eigenvalue weighted by molar-refractivity contribution is 0.760. The van der Waals surface area contributed by atoms with Crippen molar-refractivity contribution < 1.29 is 0 Å². The van der Waals surface area contributed by atoms with Crippen molar-refractivity contribution in [1.82, 2.24) is 4.98 Å². The summed E-state index contributed by atoms with van der Waals surface area (Å²) < 4.78 is 0. The van der Waals surface area contributed by atoms with Gasteiger partial charge in [0.05, 0.1) is 0 Å². The summed E-state index contributed by atoms with van der Waals surface area (Å²) in [6.07, 6.45) is 8.84. The number of pyridine rings is 1. The van der Waals surface area contributed by atoms with E-state index in [0.717, 1.165) is 0 Å². The summed E-state index contributed by atoms with van der Waals surface area (Å²) >= 11 is 0. The Balaban J connectivity index is 2.19. The van der Waals surface area contributed by atoms with Gasteiger partial charge in [-0.25, -0.2) is 0 Å². The van der Waals surface area contributed by atoms with Crippen LogP contribution in [-0.4, -0.2) is 4.98 Å². The van der Waals surface area contributed by atoms with Gasteiger partial charge in [0, 0.05) is 17.8 Å². The minimum Gasteiger partial charge on any atom is -0.260 e. The fraction of sp³-hybridized carbons (Fsp3) is 0.400. The average Bonchev–Trinajstić information content (AvgIpc) is 2.30. The SMILES string of the molecule is CC1=CC=C(C(C)c2ccc(C)cn2)CC1. The first-order valence-electron chi connectivity index (χ1n) is 5.95. The number of nitrogens with zero attached hydrogens (tertiary/aromatic N) is 1. The van der Waals surface area contributed by atoms with Crippen LogP contribution in [-0.2, 0) is 0 Å². The molecule has 1 heteroatoms. The van der Waals surface area contributed by atoms with E-state index in [0.29, 0.717) is 5.92 Å². The zero-order valence-electron chi connectivity index (χ0n) is 10.3. The number of rotatable bonds is 2. The number of aromatic nitrogens is 1. The molecule has 1 aliphatic carbocycles. The summed E-state index contributed by atoms with van der Waals surface area (Å²) in [5, 5.41) is 0. The molecule has 0 aromatic carbocycles. The highest BCUT2D eigenvalue weighted by Crippen LogP contribution is 2.29. The molecule has 0 fully saturated rings. The first-order chi connectivity index (χ1) is 7.66. The molecule has 16 heavy (non-hydrogen) atoms. The molecule has 0 bridgehead atoms. The molecule has 0 radical (unpaired) electrons. The predicted molar refractivity (Wildman–Crippen MR) is 68.5 cm³/mol. The molecule has 2 rings (SSSR count). The first kappa shape index (κ1) is 11.1. The van der Waals surface area contributed by atoms with Gasteiger partial charge in [-0.2, -0.15) is 0 Å². The third-order valence-electron chi connectivity index (χ3n) is 3.32. The molecule has 1 aliphatic rings. The lowest BCUT2D eigenvalue weighted by Gasteiger charge is -2.18. The largest absolute Gasteiger partial charge is 0.260 e. The normalized spacial score (nSPS) is 17.7. The summed E-state index contributed by atoms with van der Waals surface area (Å²) in [5.74, 6) is 0.449. The van der Waals surface area contributed by atoms with Crippen LogP contribution in [0.25, 0.3) is 0 Å². The minimum atomic E-state index is 0.449. The van der Waals surface area contributed by atoms with Gasteiger partial charge in [-0.15, -0.1) is 0 Å². The Bertz CT molecular complexity index is 423. The van der Waals surface area contributed by atoms with Crippen LogP contribution >= 0.6 is 0 Å². The van der Waals surface area contributed by atoms with Crippen LogP contribution in [0.4, 0.5) is 0 Å². The molecule has 1 atom stereocenters. The van der Waals surface area contributed by atoms with Crippen LogP contribution in [0.5, 0.6) is 0 Å². The van der Waals surface area contributed by atoms with Gasteiger partial charge in [0.15, 0.2) is 0 Å². The molecule has 1 nitrogen and oxygen atoms in total. The van der Waals surface area contributed by atoms with Crippen LogP contribution in [0.1, 0.15) is 43.9 Å². The fourth-order valence-corrected chi connectivity index (χ4v) is 2.04. The van der Waals surface area contributed by atoms with Crippen molar-refractivity contribution in [2.75, 3.05) is 0 Å². The molecule has 0 saturated heterocycles. The van der Waals surface area contributed by atoms with Crippen LogP contribution in [0.3, 0.4) is 0 Å². The first-order valence-corrected chi connectivity index (χ1v) is 5.95. The number of hydrogen-bond acceptors (Lipinski definition) is 1. The van der Waals surface area contributed by atoms with Crippen LogP contribution in [0.2, 0.25) is 0 Å². The summed E-state index contributed by atoms with van der Waals surface area (Å²) in [6, 6.07) is 4.29. The Morgan fingerprint density at radius 1 is 1.12 bits per heavy atom. The van der Waals surface area contributed by atoms with Crippen molar-refractivity contribution in [3.05, 3.63) is 52.9 Å². The van der Waals surface area contributed by atoms with Crippen molar-refractivity contribution in [3.63, 3.8) is 0 Å². The molecule has 0 saturated carbocycles. The average molecular weight is 213 g/mol. The van der Waals surface area contributed by atoms with E-state index in [1.165, 1.54) is 35.2 Å². The van der Waals surface area contributed by atoms with Gasteiger partial charge in [-0.3, -0.25) is 4.98 Å². The highest BCUT2D eigenvalue weighted by Gasteiger charge is 2.14. The van der Waals surface area contributed by atoms with E-state index in [4.69, 9.17) is 0 Å². The number of allylic oxidation sites excluding steroid dienone is 4. The Hall–Kier alpha value is -1.37. The third kappa shape index (κ3) is 2.41. The Labute approximate surface area is 97.9 Å². The Morgan fingerprint density at radius 2 is 1.94 bits per heavy atom. The van der Waals surface area contributed by atoms with Crippen LogP contribution < -0.4 is 0 Å².